The monoisotopic (exact) mass is 234 g/mol. The van der Waals surface area contributed by atoms with Crippen molar-refractivity contribution in [2.75, 3.05) is 0 Å². The molecule has 0 aliphatic heterocycles. The predicted molar refractivity (Wildman–Crippen MR) is 62.5 cm³/mol. The van der Waals surface area contributed by atoms with Crippen molar-refractivity contribution >= 4 is 0 Å². The van der Waals surface area contributed by atoms with Crippen molar-refractivity contribution in [3.8, 4) is 0 Å². The Balaban J connectivity index is 2.18. The van der Waals surface area contributed by atoms with Crippen molar-refractivity contribution in [3.63, 3.8) is 0 Å². The van der Waals surface area contributed by atoms with Crippen LogP contribution in [-0.4, -0.2) is 0 Å². The van der Waals surface area contributed by atoms with E-state index in [2.05, 4.69) is 64.2 Å². The zero-order chi connectivity index (χ0) is 11.1. The minimum absolute atomic E-state index is 0.0800. The van der Waals surface area contributed by atoms with E-state index in [9.17, 15) is 0 Å². The van der Waals surface area contributed by atoms with Gasteiger partial charge in [0.15, 0.2) is 0 Å². The van der Waals surface area contributed by atoms with Crippen molar-refractivity contribution in [2.45, 2.75) is 35.1 Å². The van der Waals surface area contributed by atoms with E-state index in [4.69, 9.17) is 0 Å². The van der Waals surface area contributed by atoms with Crippen LogP contribution < -0.4 is 0 Å². The van der Waals surface area contributed by atoms with Crippen molar-refractivity contribution in [3.05, 3.63) is 47.6 Å². The summed E-state index contributed by atoms with van der Waals surface area (Å²) >= 11 is -0.0800. The molecule has 0 radical (unpaired) electrons. The van der Waals surface area contributed by atoms with Crippen LogP contribution in [0.15, 0.2) is 47.6 Å². The SMILES string of the molecule is CC1=C[C](C)([Ti][C]2(C)C=CC(C)=C2)C=C1. The molecule has 2 atom stereocenters. The summed E-state index contributed by atoms with van der Waals surface area (Å²) in [5.41, 5.74) is 2.85. The van der Waals surface area contributed by atoms with Crippen molar-refractivity contribution in [1.82, 2.24) is 0 Å². The molecule has 0 nitrogen and oxygen atoms in total. The summed E-state index contributed by atoms with van der Waals surface area (Å²) in [6, 6.07) is 0. The summed E-state index contributed by atoms with van der Waals surface area (Å²) in [5.74, 6) is 0. The molecule has 2 unspecified atom stereocenters. The molecule has 0 aromatic rings. The molecule has 2 aliphatic rings. The van der Waals surface area contributed by atoms with Gasteiger partial charge in [-0.25, -0.2) is 0 Å². The van der Waals surface area contributed by atoms with E-state index in [-0.39, 0.29) is 19.2 Å². The Morgan fingerprint density at radius 2 is 1.27 bits per heavy atom. The molecule has 0 aromatic heterocycles. The first-order valence-electron chi connectivity index (χ1n) is 5.48. The normalized spacial score (nSPS) is 38.1. The average molecular weight is 234 g/mol. The summed E-state index contributed by atoms with van der Waals surface area (Å²) in [4.78, 5) is 0. The third-order valence-corrected chi connectivity index (χ3v) is 5.63. The molecule has 0 bridgehead atoms. The Morgan fingerprint density at radius 3 is 1.53 bits per heavy atom. The first-order chi connectivity index (χ1) is 6.91. The van der Waals surface area contributed by atoms with Crippen LogP contribution in [0.4, 0.5) is 0 Å². The fourth-order valence-corrected chi connectivity index (χ4v) is 5.75. The number of allylic oxidation sites excluding steroid dienone is 8. The molecule has 0 amide bonds. The second kappa shape index (κ2) is 3.61. The summed E-state index contributed by atoms with van der Waals surface area (Å²) in [7, 11) is 0. The standard InChI is InChI=1S/2C7H9.Ti/c2*1-6-3-4-7(2)5-6;/h2*3-5H,1-2H3;. The van der Waals surface area contributed by atoms with Gasteiger partial charge >= 0.3 is 102 Å². The third-order valence-electron chi connectivity index (χ3n) is 2.98. The molecular weight excluding hydrogens is 216 g/mol. The van der Waals surface area contributed by atoms with Gasteiger partial charge in [0.25, 0.3) is 0 Å². The van der Waals surface area contributed by atoms with Crippen molar-refractivity contribution in [2.24, 2.45) is 0 Å². The van der Waals surface area contributed by atoms with E-state index in [1.807, 2.05) is 0 Å². The Kier molecular flexibility index (Phi) is 2.69. The van der Waals surface area contributed by atoms with Gasteiger partial charge in [0.2, 0.25) is 0 Å². The van der Waals surface area contributed by atoms with Crippen LogP contribution in [0.25, 0.3) is 0 Å². The second-order valence-corrected chi connectivity index (χ2v) is 8.89. The van der Waals surface area contributed by atoms with Gasteiger partial charge in [-0.2, -0.15) is 0 Å². The van der Waals surface area contributed by atoms with Gasteiger partial charge in [-0.1, -0.05) is 0 Å². The third kappa shape index (κ3) is 2.43. The molecule has 2 aliphatic carbocycles. The molecule has 0 aromatic carbocycles. The molecule has 2 rings (SSSR count). The first-order valence-corrected chi connectivity index (χ1v) is 7.04. The number of hydrogen-bond acceptors (Lipinski definition) is 0. The molecule has 0 N–H and O–H groups in total. The van der Waals surface area contributed by atoms with Crippen LogP contribution in [0, 0.1) is 0 Å². The quantitative estimate of drug-likeness (QED) is 0.619. The van der Waals surface area contributed by atoms with E-state index >= 15 is 0 Å². The van der Waals surface area contributed by atoms with E-state index in [0.717, 1.165) is 0 Å². The Morgan fingerprint density at radius 1 is 0.867 bits per heavy atom. The van der Waals surface area contributed by atoms with E-state index in [0.29, 0.717) is 7.44 Å². The first kappa shape index (κ1) is 11.2. The number of hydrogen-bond donors (Lipinski definition) is 0. The van der Waals surface area contributed by atoms with Crippen LogP contribution in [-0.2, 0) is 19.2 Å². The maximum absolute atomic E-state index is 2.44. The summed E-state index contributed by atoms with van der Waals surface area (Å²) in [6.45, 7) is 9.14. The van der Waals surface area contributed by atoms with E-state index in [1.54, 1.807) is 0 Å². The van der Waals surface area contributed by atoms with Gasteiger partial charge in [0, 0.05) is 0 Å². The van der Waals surface area contributed by atoms with Crippen LogP contribution in [0.5, 0.6) is 0 Å². The van der Waals surface area contributed by atoms with Gasteiger partial charge in [0.1, 0.15) is 0 Å². The van der Waals surface area contributed by atoms with Crippen molar-refractivity contribution in [1.29, 1.82) is 0 Å². The van der Waals surface area contributed by atoms with Crippen LogP contribution >= 0.6 is 0 Å². The fourth-order valence-electron chi connectivity index (χ4n) is 2.48. The molecule has 0 fully saturated rings. The molecular formula is C14H18Ti. The molecule has 0 spiro atoms. The van der Waals surface area contributed by atoms with Gasteiger partial charge in [-0.3, -0.25) is 0 Å². The topological polar surface area (TPSA) is 0 Å². The van der Waals surface area contributed by atoms with Gasteiger partial charge in [-0.15, -0.1) is 0 Å². The van der Waals surface area contributed by atoms with Gasteiger partial charge in [-0.05, 0) is 0 Å². The molecule has 1 heteroatoms. The maximum atomic E-state index is 2.44. The summed E-state index contributed by atoms with van der Waals surface area (Å²) < 4.78 is 0.731. The average Bonchev–Trinajstić information content (AvgIpc) is 2.57. The molecule has 0 saturated heterocycles. The Labute approximate surface area is 102 Å². The molecule has 15 heavy (non-hydrogen) atoms. The van der Waals surface area contributed by atoms with Gasteiger partial charge in [0.05, 0.1) is 0 Å². The van der Waals surface area contributed by atoms with E-state index < -0.39 is 0 Å². The summed E-state index contributed by atoms with van der Waals surface area (Å²) in [5, 5.41) is 0. The van der Waals surface area contributed by atoms with Crippen LogP contribution in [0.2, 0.25) is 7.44 Å². The predicted octanol–water partition coefficient (Wildman–Crippen LogP) is 4.46. The molecule has 0 heterocycles. The fraction of sp³-hybridized carbons (Fsp3) is 0.429. The molecule has 0 saturated carbocycles. The van der Waals surface area contributed by atoms with Crippen molar-refractivity contribution < 1.29 is 19.2 Å². The van der Waals surface area contributed by atoms with Gasteiger partial charge < -0.3 is 0 Å². The van der Waals surface area contributed by atoms with Crippen LogP contribution in [0.1, 0.15) is 27.7 Å². The number of rotatable bonds is 2. The van der Waals surface area contributed by atoms with Crippen LogP contribution in [0.3, 0.4) is 0 Å². The zero-order valence-electron chi connectivity index (χ0n) is 9.96. The zero-order valence-corrected chi connectivity index (χ0v) is 11.5. The second-order valence-electron chi connectivity index (χ2n) is 5.13. The molecule has 78 valence electrons. The Hall–Kier alpha value is -0.326. The summed E-state index contributed by atoms with van der Waals surface area (Å²) in [6.07, 6.45) is 14.2. The Bertz CT molecular complexity index is 360. The van der Waals surface area contributed by atoms with E-state index in [1.165, 1.54) is 11.1 Å². The minimum atomic E-state index is -0.0800.